The summed E-state index contributed by atoms with van der Waals surface area (Å²) in [6.07, 6.45) is 0. The zero-order chi connectivity index (χ0) is 15.4. The van der Waals surface area contributed by atoms with Crippen molar-refractivity contribution < 1.29 is 9.90 Å². The predicted octanol–water partition coefficient (Wildman–Crippen LogP) is 4.65. The van der Waals surface area contributed by atoms with E-state index >= 15 is 0 Å². The average molecular weight is 324 g/mol. The van der Waals surface area contributed by atoms with Crippen LogP contribution in [0.4, 0.5) is 5.69 Å². The zero-order valence-electron chi connectivity index (χ0n) is 11.5. The van der Waals surface area contributed by atoms with Crippen molar-refractivity contribution >= 4 is 34.9 Å². The van der Waals surface area contributed by atoms with Gasteiger partial charge in [0.1, 0.15) is 6.54 Å². The lowest BCUT2D eigenvalue weighted by molar-refractivity contribution is -0.135. The van der Waals surface area contributed by atoms with Crippen LogP contribution in [0, 0.1) is 0 Å². The molecule has 0 spiro atoms. The summed E-state index contributed by atoms with van der Waals surface area (Å²) in [5, 5.41) is 10.1. The van der Waals surface area contributed by atoms with E-state index in [2.05, 4.69) is 0 Å². The molecule has 5 heteroatoms. The van der Waals surface area contributed by atoms with Gasteiger partial charge in [-0.1, -0.05) is 53.5 Å². The van der Waals surface area contributed by atoms with Crippen molar-refractivity contribution in [2.45, 2.75) is 13.0 Å². The summed E-state index contributed by atoms with van der Waals surface area (Å²) < 4.78 is 0. The van der Waals surface area contributed by atoms with Crippen molar-refractivity contribution in [1.82, 2.24) is 0 Å². The van der Waals surface area contributed by atoms with Gasteiger partial charge in [-0.2, -0.15) is 0 Å². The van der Waals surface area contributed by atoms with Crippen LogP contribution in [0.15, 0.2) is 48.5 Å². The molecule has 1 unspecified atom stereocenters. The first-order valence-corrected chi connectivity index (χ1v) is 7.23. The van der Waals surface area contributed by atoms with Crippen molar-refractivity contribution in [3.63, 3.8) is 0 Å². The van der Waals surface area contributed by atoms with E-state index in [9.17, 15) is 4.79 Å². The fraction of sp³-hybridized carbons (Fsp3) is 0.188. The van der Waals surface area contributed by atoms with E-state index in [1.165, 1.54) is 0 Å². The predicted molar refractivity (Wildman–Crippen MR) is 86.3 cm³/mol. The smallest absolute Gasteiger partial charge is 0.323 e. The highest BCUT2D eigenvalue weighted by Gasteiger charge is 2.21. The van der Waals surface area contributed by atoms with Crippen LogP contribution in [0.25, 0.3) is 0 Å². The number of anilines is 1. The Bertz CT molecular complexity index is 631. The number of carboxylic acids is 1. The molecule has 2 aromatic rings. The van der Waals surface area contributed by atoms with Crippen molar-refractivity contribution in [3.05, 3.63) is 64.1 Å². The van der Waals surface area contributed by atoms with Gasteiger partial charge in [-0.05, 0) is 30.7 Å². The molecule has 0 fully saturated rings. The Kier molecular flexibility index (Phi) is 5.10. The Balaban J connectivity index is 2.41. The van der Waals surface area contributed by atoms with Gasteiger partial charge in [0.25, 0.3) is 0 Å². The van der Waals surface area contributed by atoms with Gasteiger partial charge in [0.2, 0.25) is 0 Å². The Hall–Kier alpha value is -1.71. The molecule has 3 nitrogen and oxygen atoms in total. The third-order valence-corrected chi connectivity index (χ3v) is 4.13. The van der Waals surface area contributed by atoms with E-state index in [1.54, 1.807) is 11.0 Å². The number of carbonyl (C=O) groups is 1. The van der Waals surface area contributed by atoms with Gasteiger partial charge in [-0.25, -0.2) is 0 Å². The monoisotopic (exact) mass is 323 g/mol. The van der Waals surface area contributed by atoms with Crippen LogP contribution < -0.4 is 4.90 Å². The number of nitrogens with zero attached hydrogens (tertiary/aromatic N) is 1. The summed E-state index contributed by atoms with van der Waals surface area (Å²) in [5.74, 6) is -0.899. The molecule has 1 atom stereocenters. The minimum atomic E-state index is -0.899. The molecule has 0 heterocycles. The maximum atomic E-state index is 11.2. The van der Waals surface area contributed by atoms with Crippen LogP contribution in [0.2, 0.25) is 10.0 Å². The van der Waals surface area contributed by atoms with E-state index in [-0.39, 0.29) is 12.6 Å². The molecular formula is C16H15Cl2NO2. The number of aliphatic carboxylic acids is 1. The van der Waals surface area contributed by atoms with Gasteiger partial charge in [0, 0.05) is 5.69 Å². The minimum absolute atomic E-state index is 0.117. The molecule has 0 amide bonds. The first-order chi connectivity index (χ1) is 10.0. The molecule has 0 bridgehead atoms. The average Bonchev–Trinajstić information content (AvgIpc) is 2.48. The fourth-order valence-corrected chi connectivity index (χ4v) is 2.69. The summed E-state index contributed by atoms with van der Waals surface area (Å²) in [6.45, 7) is 1.79. The second-order valence-electron chi connectivity index (χ2n) is 4.68. The lowest BCUT2D eigenvalue weighted by atomic mass is 10.1. The lowest BCUT2D eigenvalue weighted by Crippen LogP contribution is -2.32. The van der Waals surface area contributed by atoms with Crippen LogP contribution in [0.5, 0.6) is 0 Å². The van der Waals surface area contributed by atoms with Crippen molar-refractivity contribution in [3.8, 4) is 0 Å². The molecule has 1 N–H and O–H groups in total. The first kappa shape index (κ1) is 15.7. The third kappa shape index (κ3) is 3.69. The number of rotatable bonds is 5. The number of benzene rings is 2. The highest BCUT2D eigenvalue weighted by Crippen LogP contribution is 2.34. The molecular weight excluding hydrogens is 309 g/mol. The topological polar surface area (TPSA) is 40.5 Å². The Labute approximate surface area is 133 Å². The molecule has 110 valence electrons. The maximum absolute atomic E-state index is 11.2. The van der Waals surface area contributed by atoms with Gasteiger partial charge < -0.3 is 10.0 Å². The van der Waals surface area contributed by atoms with Crippen LogP contribution in [0.1, 0.15) is 18.5 Å². The van der Waals surface area contributed by atoms with Gasteiger partial charge in [-0.3, -0.25) is 4.79 Å². The SMILES string of the molecule is CC(c1cccc(Cl)c1Cl)N(CC(=O)O)c1ccccc1. The van der Waals surface area contributed by atoms with E-state index in [1.807, 2.05) is 49.4 Å². The number of halogens is 2. The van der Waals surface area contributed by atoms with Crippen molar-refractivity contribution in [2.24, 2.45) is 0 Å². The summed E-state index contributed by atoms with van der Waals surface area (Å²) in [4.78, 5) is 12.9. The molecule has 0 radical (unpaired) electrons. The molecule has 0 saturated heterocycles. The summed E-state index contributed by atoms with van der Waals surface area (Å²) in [7, 11) is 0. The van der Waals surface area contributed by atoms with Crippen LogP contribution in [0.3, 0.4) is 0 Å². The molecule has 0 aliphatic heterocycles. The molecule has 0 aliphatic carbocycles. The van der Waals surface area contributed by atoms with E-state index in [0.29, 0.717) is 10.0 Å². The third-order valence-electron chi connectivity index (χ3n) is 3.29. The molecule has 2 rings (SSSR count). The van der Waals surface area contributed by atoms with E-state index in [0.717, 1.165) is 11.3 Å². The summed E-state index contributed by atoms with van der Waals surface area (Å²) >= 11 is 12.3. The Morgan fingerprint density at radius 2 is 1.81 bits per heavy atom. The molecule has 0 saturated carbocycles. The normalized spacial score (nSPS) is 12.0. The molecule has 0 aromatic heterocycles. The Morgan fingerprint density at radius 3 is 2.43 bits per heavy atom. The van der Waals surface area contributed by atoms with Crippen LogP contribution >= 0.6 is 23.2 Å². The molecule has 21 heavy (non-hydrogen) atoms. The first-order valence-electron chi connectivity index (χ1n) is 6.48. The Morgan fingerprint density at radius 1 is 1.14 bits per heavy atom. The van der Waals surface area contributed by atoms with Crippen molar-refractivity contribution in [1.29, 1.82) is 0 Å². The minimum Gasteiger partial charge on any atom is -0.480 e. The standard InChI is InChI=1S/C16H15Cl2NO2/c1-11(13-8-5-9-14(17)16(13)18)19(10-15(20)21)12-6-3-2-4-7-12/h2-9,11H,10H2,1H3,(H,20,21). The number of hydrogen-bond donors (Lipinski definition) is 1. The zero-order valence-corrected chi connectivity index (χ0v) is 13.0. The van der Waals surface area contributed by atoms with Gasteiger partial charge in [-0.15, -0.1) is 0 Å². The van der Waals surface area contributed by atoms with Crippen LogP contribution in [-0.2, 0) is 4.79 Å². The maximum Gasteiger partial charge on any atom is 0.323 e. The quantitative estimate of drug-likeness (QED) is 0.870. The number of hydrogen-bond acceptors (Lipinski definition) is 2. The number of carboxylic acid groups (broad SMARTS) is 1. The van der Waals surface area contributed by atoms with E-state index < -0.39 is 5.97 Å². The second-order valence-corrected chi connectivity index (χ2v) is 5.46. The summed E-state index contributed by atoms with van der Waals surface area (Å²) in [6, 6.07) is 14.5. The highest BCUT2D eigenvalue weighted by molar-refractivity contribution is 6.42. The number of para-hydroxylation sites is 1. The lowest BCUT2D eigenvalue weighted by Gasteiger charge is -2.31. The van der Waals surface area contributed by atoms with Gasteiger partial charge >= 0.3 is 5.97 Å². The van der Waals surface area contributed by atoms with Gasteiger partial charge in [0.05, 0.1) is 16.1 Å². The van der Waals surface area contributed by atoms with E-state index in [4.69, 9.17) is 28.3 Å². The molecule has 0 aliphatic rings. The largest absolute Gasteiger partial charge is 0.480 e. The summed E-state index contributed by atoms with van der Waals surface area (Å²) in [5.41, 5.74) is 1.62. The fourth-order valence-electron chi connectivity index (χ4n) is 2.23. The molecule has 2 aromatic carbocycles. The highest BCUT2D eigenvalue weighted by atomic mass is 35.5. The van der Waals surface area contributed by atoms with Gasteiger partial charge in [0.15, 0.2) is 0 Å². The van der Waals surface area contributed by atoms with Crippen LogP contribution in [-0.4, -0.2) is 17.6 Å². The van der Waals surface area contributed by atoms with Crippen molar-refractivity contribution in [2.75, 3.05) is 11.4 Å². The second kappa shape index (κ2) is 6.83.